The van der Waals surface area contributed by atoms with E-state index in [9.17, 15) is 9.59 Å². The predicted octanol–water partition coefficient (Wildman–Crippen LogP) is 1.85. The van der Waals surface area contributed by atoms with E-state index in [1.165, 1.54) is 6.07 Å². The molecule has 1 aromatic heterocycles. The molecule has 0 unspecified atom stereocenters. The highest BCUT2D eigenvalue weighted by Gasteiger charge is 2.10. The van der Waals surface area contributed by atoms with Crippen molar-refractivity contribution in [2.45, 2.75) is 13.3 Å². The Balaban J connectivity index is 2.55. The number of nitrogens with zero attached hydrogens (tertiary/aromatic N) is 2. The van der Waals surface area contributed by atoms with Crippen LogP contribution in [0, 0.1) is 6.92 Å². The van der Waals surface area contributed by atoms with Gasteiger partial charge in [0.25, 0.3) is 0 Å². The fourth-order valence-corrected chi connectivity index (χ4v) is 1.79. The van der Waals surface area contributed by atoms with Gasteiger partial charge in [-0.05, 0) is 30.7 Å². The molecule has 0 amide bonds. The second kappa shape index (κ2) is 5.14. The Morgan fingerprint density at radius 2 is 2.00 bits per heavy atom. The summed E-state index contributed by atoms with van der Waals surface area (Å²) in [4.78, 5) is 22.5. The standard InChI is InChI=1S/C13H11ClN2O2/c1-9-7-12(17)11(8-13(14)18)15-16(9)10-5-3-2-4-6-10/h2-7H,8H2,1H3. The molecule has 0 N–H and O–H groups in total. The van der Waals surface area contributed by atoms with E-state index in [2.05, 4.69) is 5.10 Å². The minimum atomic E-state index is -0.594. The zero-order valence-corrected chi connectivity index (χ0v) is 10.5. The van der Waals surface area contributed by atoms with Crippen molar-refractivity contribution in [3.05, 3.63) is 58.0 Å². The van der Waals surface area contributed by atoms with Crippen molar-refractivity contribution < 1.29 is 4.79 Å². The molecule has 0 aliphatic carbocycles. The zero-order chi connectivity index (χ0) is 13.1. The fourth-order valence-electron chi connectivity index (χ4n) is 1.67. The van der Waals surface area contributed by atoms with Crippen molar-refractivity contribution in [3.8, 4) is 5.69 Å². The Morgan fingerprint density at radius 1 is 1.33 bits per heavy atom. The van der Waals surface area contributed by atoms with E-state index >= 15 is 0 Å². The maximum Gasteiger partial charge on any atom is 0.227 e. The van der Waals surface area contributed by atoms with E-state index in [1.54, 1.807) is 11.6 Å². The maximum atomic E-state index is 11.7. The Bertz CT molecular complexity index is 635. The van der Waals surface area contributed by atoms with Gasteiger partial charge in [-0.3, -0.25) is 9.59 Å². The summed E-state index contributed by atoms with van der Waals surface area (Å²) in [7, 11) is 0. The molecule has 0 atom stereocenters. The van der Waals surface area contributed by atoms with Crippen LogP contribution in [0.15, 0.2) is 41.2 Å². The Morgan fingerprint density at radius 3 is 2.61 bits per heavy atom. The number of hydrogen-bond donors (Lipinski definition) is 0. The van der Waals surface area contributed by atoms with Gasteiger partial charge in [0.2, 0.25) is 10.7 Å². The molecule has 0 aliphatic rings. The Hall–Kier alpha value is -1.94. The van der Waals surface area contributed by atoms with E-state index < -0.39 is 5.24 Å². The van der Waals surface area contributed by atoms with Crippen LogP contribution in [0.3, 0.4) is 0 Å². The largest absolute Gasteiger partial charge is 0.288 e. The van der Waals surface area contributed by atoms with Gasteiger partial charge in [0.05, 0.1) is 12.1 Å². The lowest BCUT2D eigenvalue weighted by molar-refractivity contribution is -0.111. The lowest BCUT2D eigenvalue weighted by Crippen LogP contribution is -2.20. The van der Waals surface area contributed by atoms with Crippen molar-refractivity contribution in [2.24, 2.45) is 0 Å². The lowest BCUT2D eigenvalue weighted by atomic mass is 10.2. The van der Waals surface area contributed by atoms with Crippen LogP contribution in [-0.4, -0.2) is 15.0 Å². The zero-order valence-electron chi connectivity index (χ0n) is 9.76. The van der Waals surface area contributed by atoms with Crippen molar-refractivity contribution in [2.75, 3.05) is 0 Å². The van der Waals surface area contributed by atoms with Crippen LogP contribution in [0.25, 0.3) is 5.69 Å². The van der Waals surface area contributed by atoms with Crippen LogP contribution < -0.4 is 5.43 Å². The monoisotopic (exact) mass is 262 g/mol. The first-order valence-electron chi connectivity index (χ1n) is 5.41. The van der Waals surface area contributed by atoms with Gasteiger partial charge in [-0.1, -0.05) is 18.2 Å². The van der Waals surface area contributed by atoms with Crippen molar-refractivity contribution in [1.82, 2.24) is 9.78 Å². The van der Waals surface area contributed by atoms with Gasteiger partial charge in [0, 0.05) is 11.8 Å². The highest BCUT2D eigenvalue weighted by molar-refractivity contribution is 6.63. The van der Waals surface area contributed by atoms with Crippen LogP contribution in [0.4, 0.5) is 0 Å². The van der Waals surface area contributed by atoms with Gasteiger partial charge in [-0.2, -0.15) is 5.10 Å². The summed E-state index contributed by atoms with van der Waals surface area (Å²) in [5.74, 6) is 0. The van der Waals surface area contributed by atoms with Gasteiger partial charge in [-0.25, -0.2) is 4.68 Å². The molecule has 0 bridgehead atoms. The maximum absolute atomic E-state index is 11.7. The summed E-state index contributed by atoms with van der Waals surface area (Å²) >= 11 is 5.30. The quantitative estimate of drug-likeness (QED) is 0.793. The average molecular weight is 263 g/mol. The van der Waals surface area contributed by atoms with Gasteiger partial charge >= 0.3 is 0 Å². The van der Waals surface area contributed by atoms with E-state index in [0.717, 1.165) is 5.69 Å². The third-order valence-corrected chi connectivity index (χ3v) is 2.62. The minimum absolute atomic E-state index is 0.157. The van der Waals surface area contributed by atoms with Gasteiger partial charge in [-0.15, -0.1) is 0 Å². The van der Waals surface area contributed by atoms with E-state index in [4.69, 9.17) is 11.6 Å². The van der Waals surface area contributed by atoms with Gasteiger partial charge in [0.15, 0.2) is 0 Å². The summed E-state index contributed by atoms with van der Waals surface area (Å²) in [6.45, 7) is 1.79. The third kappa shape index (κ3) is 2.65. The van der Waals surface area contributed by atoms with Crippen LogP contribution in [0.1, 0.15) is 11.4 Å². The fraction of sp³-hybridized carbons (Fsp3) is 0.154. The number of hydrogen-bond acceptors (Lipinski definition) is 3. The third-order valence-electron chi connectivity index (χ3n) is 2.49. The average Bonchev–Trinajstić information content (AvgIpc) is 2.33. The van der Waals surface area contributed by atoms with E-state index in [-0.39, 0.29) is 17.5 Å². The van der Waals surface area contributed by atoms with Gasteiger partial charge < -0.3 is 0 Å². The molecule has 1 aromatic carbocycles. The second-order valence-corrected chi connectivity index (χ2v) is 4.30. The molecular formula is C13H11ClN2O2. The highest BCUT2D eigenvalue weighted by Crippen LogP contribution is 2.08. The molecule has 0 aliphatic heterocycles. The number of para-hydroxylation sites is 1. The normalized spacial score (nSPS) is 10.3. The van der Waals surface area contributed by atoms with Crippen LogP contribution in [0.5, 0.6) is 0 Å². The molecule has 92 valence electrons. The van der Waals surface area contributed by atoms with Crippen molar-refractivity contribution in [1.29, 1.82) is 0 Å². The number of halogens is 1. The smallest absolute Gasteiger partial charge is 0.227 e. The number of benzene rings is 1. The summed E-state index contributed by atoms with van der Waals surface area (Å²) in [6, 6.07) is 10.8. The van der Waals surface area contributed by atoms with Gasteiger partial charge in [0.1, 0.15) is 5.69 Å². The Kier molecular flexibility index (Phi) is 3.58. The van der Waals surface area contributed by atoms with Crippen LogP contribution in [0.2, 0.25) is 0 Å². The lowest BCUT2D eigenvalue weighted by Gasteiger charge is -2.10. The molecule has 0 radical (unpaired) electrons. The Labute approximate surface area is 109 Å². The van der Waals surface area contributed by atoms with Crippen LogP contribution in [-0.2, 0) is 11.2 Å². The summed E-state index contributed by atoms with van der Waals surface area (Å²) in [5, 5.41) is 3.59. The number of carbonyl (C=O) groups excluding carboxylic acids is 1. The molecule has 4 nitrogen and oxygen atoms in total. The molecule has 2 aromatic rings. The highest BCUT2D eigenvalue weighted by atomic mass is 35.5. The molecule has 0 saturated carbocycles. The molecule has 2 rings (SSSR count). The molecule has 1 heterocycles. The first-order valence-corrected chi connectivity index (χ1v) is 5.79. The molecule has 0 fully saturated rings. The second-order valence-electron chi connectivity index (χ2n) is 3.88. The minimum Gasteiger partial charge on any atom is -0.288 e. The predicted molar refractivity (Wildman–Crippen MR) is 69.1 cm³/mol. The van der Waals surface area contributed by atoms with E-state index in [1.807, 2.05) is 30.3 Å². The number of aryl methyl sites for hydroxylation is 1. The molecule has 18 heavy (non-hydrogen) atoms. The number of carbonyl (C=O) groups is 1. The summed E-state index contributed by atoms with van der Waals surface area (Å²) in [5.41, 5.74) is 1.42. The number of rotatable bonds is 3. The molecule has 0 saturated heterocycles. The first-order chi connectivity index (χ1) is 8.58. The molecule has 0 spiro atoms. The molecular weight excluding hydrogens is 252 g/mol. The van der Waals surface area contributed by atoms with E-state index in [0.29, 0.717) is 5.69 Å². The van der Waals surface area contributed by atoms with Crippen molar-refractivity contribution >= 4 is 16.8 Å². The topological polar surface area (TPSA) is 52.0 Å². The van der Waals surface area contributed by atoms with Crippen LogP contribution >= 0.6 is 11.6 Å². The summed E-state index contributed by atoms with van der Waals surface area (Å²) in [6.07, 6.45) is -0.159. The first kappa shape index (κ1) is 12.5. The summed E-state index contributed by atoms with van der Waals surface area (Å²) < 4.78 is 1.62. The number of aromatic nitrogens is 2. The van der Waals surface area contributed by atoms with Crippen molar-refractivity contribution in [3.63, 3.8) is 0 Å². The SMILES string of the molecule is Cc1cc(=O)c(CC(=O)Cl)nn1-c1ccccc1. The molecule has 5 heteroatoms.